The van der Waals surface area contributed by atoms with E-state index in [0.29, 0.717) is 18.8 Å². The zero-order chi connectivity index (χ0) is 20.4. The summed E-state index contributed by atoms with van der Waals surface area (Å²) in [5, 5.41) is 2.53. The molecule has 0 unspecified atom stereocenters. The summed E-state index contributed by atoms with van der Waals surface area (Å²) >= 11 is 0. The van der Waals surface area contributed by atoms with E-state index in [4.69, 9.17) is 4.74 Å². The molecule has 0 aliphatic carbocycles. The summed E-state index contributed by atoms with van der Waals surface area (Å²) in [6.07, 6.45) is 0. The van der Waals surface area contributed by atoms with Crippen LogP contribution in [0, 0.1) is 6.92 Å². The summed E-state index contributed by atoms with van der Waals surface area (Å²) in [4.78, 5) is 1.67. The summed E-state index contributed by atoms with van der Waals surface area (Å²) in [5.41, 5.74) is 2.22. The number of nitrogens with zero attached hydrogens (tertiary/aromatic N) is 1. The number of piperazine rings is 1. The minimum atomic E-state index is -3.56. The van der Waals surface area contributed by atoms with Crippen molar-refractivity contribution in [3.05, 3.63) is 71.8 Å². The van der Waals surface area contributed by atoms with Crippen molar-refractivity contribution in [2.75, 3.05) is 33.3 Å². The molecule has 0 aromatic heterocycles. The van der Waals surface area contributed by atoms with E-state index in [1.165, 1.54) is 28.3 Å². The van der Waals surface area contributed by atoms with Gasteiger partial charge in [-0.15, -0.1) is 0 Å². The highest BCUT2D eigenvalue weighted by Gasteiger charge is 2.32. The smallest absolute Gasteiger partial charge is 0.247 e. The quantitative estimate of drug-likeness (QED) is 0.701. The first-order valence-electron chi connectivity index (χ1n) is 9.94. The van der Waals surface area contributed by atoms with Crippen LogP contribution in [0.2, 0.25) is 0 Å². The number of rotatable bonds is 5. The maximum absolute atomic E-state index is 13.2. The van der Waals surface area contributed by atoms with Gasteiger partial charge in [0, 0.05) is 5.56 Å². The largest absolute Gasteiger partial charge is 0.495 e. The molecular weight excluding hydrogens is 384 g/mol. The van der Waals surface area contributed by atoms with Crippen molar-refractivity contribution in [3.8, 4) is 5.75 Å². The highest BCUT2D eigenvalue weighted by atomic mass is 32.2. The van der Waals surface area contributed by atoms with Crippen LogP contribution in [-0.4, -0.2) is 46.0 Å². The summed E-state index contributed by atoms with van der Waals surface area (Å²) < 4.78 is 33.3. The molecule has 5 nitrogen and oxygen atoms in total. The Balaban J connectivity index is 1.49. The third-order valence-corrected chi connectivity index (χ3v) is 7.61. The molecule has 3 aromatic rings. The molecule has 1 saturated heterocycles. The first kappa shape index (κ1) is 19.9. The number of fused-ring (bicyclic) bond motifs is 1. The average molecular weight is 412 g/mol. The molecule has 0 radical (unpaired) electrons. The van der Waals surface area contributed by atoms with E-state index < -0.39 is 10.0 Å². The van der Waals surface area contributed by atoms with Crippen LogP contribution in [0.4, 0.5) is 0 Å². The Morgan fingerprint density at radius 1 is 1.00 bits per heavy atom. The number of nitrogens with one attached hydrogen (secondary N) is 1. The van der Waals surface area contributed by atoms with Gasteiger partial charge >= 0.3 is 0 Å². The number of aryl methyl sites for hydroxylation is 1. The van der Waals surface area contributed by atoms with E-state index in [2.05, 4.69) is 42.5 Å². The number of hydrogen-bond acceptors (Lipinski definition) is 3. The molecule has 1 N–H and O–H groups in total. The molecule has 29 heavy (non-hydrogen) atoms. The van der Waals surface area contributed by atoms with E-state index in [9.17, 15) is 8.42 Å². The van der Waals surface area contributed by atoms with Gasteiger partial charge in [0.05, 0.1) is 33.3 Å². The van der Waals surface area contributed by atoms with E-state index in [1.807, 2.05) is 13.0 Å². The Kier molecular flexibility index (Phi) is 5.58. The molecule has 1 aliphatic heterocycles. The Morgan fingerprint density at radius 2 is 1.72 bits per heavy atom. The van der Waals surface area contributed by atoms with Crippen molar-refractivity contribution in [1.29, 1.82) is 0 Å². The van der Waals surface area contributed by atoms with Gasteiger partial charge in [-0.1, -0.05) is 48.5 Å². The second-order valence-electron chi connectivity index (χ2n) is 7.62. The van der Waals surface area contributed by atoms with Crippen molar-refractivity contribution in [3.63, 3.8) is 0 Å². The van der Waals surface area contributed by atoms with Gasteiger partial charge < -0.3 is 9.64 Å². The SMILES string of the molecule is COc1ccc(C)cc1S(=O)(=O)N1CC[NH+](Cc2cccc3ccccc23)CC1. The summed E-state index contributed by atoms with van der Waals surface area (Å²) in [7, 11) is -2.05. The van der Waals surface area contributed by atoms with Crippen molar-refractivity contribution >= 4 is 20.8 Å². The normalized spacial score (nSPS) is 16.2. The number of benzene rings is 3. The average Bonchev–Trinajstić information content (AvgIpc) is 2.74. The van der Waals surface area contributed by atoms with Crippen LogP contribution >= 0.6 is 0 Å². The van der Waals surface area contributed by atoms with Crippen molar-refractivity contribution in [2.45, 2.75) is 18.4 Å². The van der Waals surface area contributed by atoms with E-state index in [1.54, 1.807) is 16.4 Å². The van der Waals surface area contributed by atoms with Crippen LogP contribution in [0.5, 0.6) is 5.75 Å². The van der Waals surface area contributed by atoms with Crippen LogP contribution in [0.3, 0.4) is 0 Å². The van der Waals surface area contributed by atoms with Crippen molar-refractivity contribution in [1.82, 2.24) is 4.31 Å². The minimum absolute atomic E-state index is 0.262. The number of hydrogen-bond donors (Lipinski definition) is 1. The third kappa shape index (κ3) is 4.01. The van der Waals surface area contributed by atoms with E-state index in [-0.39, 0.29) is 4.90 Å². The van der Waals surface area contributed by atoms with Gasteiger partial charge in [0.15, 0.2) is 0 Å². The number of sulfonamides is 1. The van der Waals surface area contributed by atoms with Crippen LogP contribution in [-0.2, 0) is 16.6 Å². The van der Waals surface area contributed by atoms with Gasteiger partial charge in [-0.25, -0.2) is 8.42 Å². The van der Waals surface area contributed by atoms with Gasteiger partial charge in [-0.3, -0.25) is 0 Å². The fraction of sp³-hybridized carbons (Fsp3) is 0.304. The molecule has 1 fully saturated rings. The minimum Gasteiger partial charge on any atom is -0.495 e. The number of quaternary nitrogens is 1. The highest BCUT2D eigenvalue weighted by molar-refractivity contribution is 7.89. The summed E-state index contributed by atoms with van der Waals surface area (Å²) in [5.74, 6) is 0.404. The lowest BCUT2D eigenvalue weighted by Crippen LogP contribution is -3.13. The number of ether oxygens (including phenoxy) is 1. The lowest BCUT2D eigenvalue weighted by molar-refractivity contribution is -0.917. The monoisotopic (exact) mass is 411 g/mol. The standard InChI is InChI=1S/C23H26N2O3S/c1-18-10-11-22(28-2)23(16-18)29(26,27)25-14-12-24(13-15-25)17-20-8-5-7-19-6-3-4-9-21(19)20/h3-11,16H,12-15,17H2,1-2H3/p+1. The lowest BCUT2D eigenvalue weighted by Gasteiger charge is -2.32. The molecule has 0 amide bonds. The molecule has 0 atom stereocenters. The van der Waals surface area contributed by atoms with Gasteiger partial charge in [0.1, 0.15) is 17.2 Å². The van der Waals surface area contributed by atoms with Crippen LogP contribution in [0.15, 0.2) is 65.6 Å². The third-order valence-electron chi connectivity index (χ3n) is 5.69. The Bertz CT molecular complexity index is 1110. The maximum Gasteiger partial charge on any atom is 0.247 e. The van der Waals surface area contributed by atoms with Gasteiger partial charge in [0.25, 0.3) is 0 Å². The number of methoxy groups -OCH3 is 1. The fourth-order valence-electron chi connectivity index (χ4n) is 4.06. The van der Waals surface area contributed by atoms with Gasteiger partial charge in [-0.2, -0.15) is 4.31 Å². The van der Waals surface area contributed by atoms with Crippen LogP contribution in [0.25, 0.3) is 10.8 Å². The molecular formula is C23H27N2O3S+. The molecule has 152 valence electrons. The van der Waals surface area contributed by atoms with Gasteiger partial charge in [-0.05, 0) is 35.4 Å². The molecule has 0 spiro atoms. The zero-order valence-corrected chi connectivity index (χ0v) is 17.7. The predicted octanol–water partition coefficient (Wildman–Crippen LogP) is 2.25. The van der Waals surface area contributed by atoms with Crippen molar-refractivity contribution < 1.29 is 18.1 Å². The molecule has 0 bridgehead atoms. The predicted molar refractivity (Wildman–Crippen MR) is 115 cm³/mol. The molecule has 0 saturated carbocycles. The summed E-state index contributed by atoms with van der Waals surface area (Å²) in [6, 6.07) is 20.1. The van der Waals surface area contributed by atoms with Gasteiger partial charge in [0.2, 0.25) is 10.0 Å². The molecule has 3 aromatic carbocycles. The molecule has 6 heteroatoms. The Hall–Kier alpha value is -2.41. The Labute approximate surface area is 172 Å². The van der Waals surface area contributed by atoms with E-state index in [0.717, 1.165) is 25.2 Å². The van der Waals surface area contributed by atoms with Crippen LogP contribution < -0.4 is 9.64 Å². The molecule has 1 heterocycles. The first-order valence-corrected chi connectivity index (χ1v) is 11.4. The molecule has 4 rings (SSSR count). The second-order valence-corrected chi connectivity index (χ2v) is 9.53. The topological polar surface area (TPSA) is 51.1 Å². The van der Waals surface area contributed by atoms with Crippen molar-refractivity contribution in [2.24, 2.45) is 0 Å². The van der Waals surface area contributed by atoms with Crippen LogP contribution in [0.1, 0.15) is 11.1 Å². The lowest BCUT2D eigenvalue weighted by atomic mass is 10.0. The van der Waals surface area contributed by atoms with E-state index >= 15 is 0 Å². The first-order chi connectivity index (χ1) is 14.0. The zero-order valence-electron chi connectivity index (χ0n) is 16.9. The maximum atomic E-state index is 13.2. The molecule has 1 aliphatic rings. The summed E-state index contributed by atoms with van der Waals surface area (Å²) in [6.45, 7) is 5.40. The fourth-order valence-corrected chi connectivity index (χ4v) is 5.74. The highest BCUT2D eigenvalue weighted by Crippen LogP contribution is 2.27. The Morgan fingerprint density at radius 3 is 2.48 bits per heavy atom. The second kappa shape index (κ2) is 8.14.